The summed E-state index contributed by atoms with van der Waals surface area (Å²) in [4.78, 5) is 11.3. The first-order valence-electron chi connectivity index (χ1n) is 6.78. The molecule has 1 aliphatic rings. The van der Waals surface area contributed by atoms with Gasteiger partial charge in [-0.05, 0) is 33.7 Å². The molecule has 1 amide bonds. The fourth-order valence-electron chi connectivity index (χ4n) is 1.77. The van der Waals surface area contributed by atoms with Crippen LogP contribution in [0.4, 0.5) is 4.79 Å². The average Bonchev–Trinajstić information content (AvgIpc) is 2.68. The van der Waals surface area contributed by atoms with Crippen molar-refractivity contribution < 1.29 is 19.4 Å². The molecule has 0 bridgehead atoms. The van der Waals surface area contributed by atoms with Gasteiger partial charge in [-0.15, -0.1) is 0 Å². The monoisotopic (exact) mass is 274 g/mol. The Balaban J connectivity index is 1.98. The summed E-state index contributed by atoms with van der Waals surface area (Å²) in [7, 11) is 0. The molecular weight excluding hydrogens is 248 g/mol. The van der Waals surface area contributed by atoms with Gasteiger partial charge in [-0.25, -0.2) is 4.79 Å². The lowest BCUT2D eigenvalue weighted by atomic mass is 10.0. The quantitative estimate of drug-likeness (QED) is 0.620. The summed E-state index contributed by atoms with van der Waals surface area (Å²) in [6, 6.07) is 0. The molecule has 1 aliphatic heterocycles. The number of nitrogens with one attached hydrogen (secondary N) is 2. The van der Waals surface area contributed by atoms with Crippen molar-refractivity contribution >= 4 is 6.09 Å². The van der Waals surface area contributed by atoms with E-state index in [9.17, 15) is 9.90 Å². The highest BCUT2D eigenvalue weighted by Gasteiger charge is 2.31. The predicted molar refractivity (Wildman–Crippen MR) is 72.1 cm³/mol. The first-order valence-corrected chi connectivity index (χ1v) is 6.78. The average molecular weight is 274 g/mol. The minimum Gasteiger partial charge on any atom is -0.444 e. The molecule has 1 unspecified atom stereocenters. The van der Waals surface area contributed by atoms with Crippen LogP contribution < -0.4 is 10.6 Å². The minimum atomic E-state index is -0.724. The van der Waals surface area contributed by atoms with Gasteiger partial charge in [0.15, 0.2) is 0 Å². The molecule has 1 rings (SSSR count). The molecule has 1 atom stereocenters. The molecule has 112 valence electrons. The van der Waals surface area contributed by atoms with Gasteiger partial charge < -0.3 is 25.2 Å². The SMILES string of the molecule is CC(C)(C)OC(=O)NCCCNCC1(O)CCOC1. The Morgan fingerprint density at radius 2 is 2.16 bits per heavy atom. The van der Waals surface area contributed by atoms with E-state index in [1.54, 1.807) is 0 Å². The van der Waals surface area contributed by atoms with E-state index < -0.39 is 17.3 Å². The van der Waals surface area contributed by atoms with Crippen LogP contribution in [0.5, 0.6) is 0 Å². The number of amides is 1. The molecule has 0 radical (unpaired) electrons. The zero-order chi connectivity index (χ0) is 14.4. The van der Waals surface area contributed by atoms with Crippen molar-refractivity contribution in [2.45, 2.75) is 44.8 Å². The third-order valence-electron chi connectivity index (χ3n) is 2.74. The molecule has 19 heavy (non-hydrogen) atoms. The van der Waals surface area contributed by atoms with E-state index in [4.69, 9.17) is 9.47 Å². The van der Waals surface area contributed by atoms with E-state index in [2.05, 4.69) is 10.6 Å². The van der Waals surface area contributed by atoms with Crippen molar-refractivity contribution in [3.8, 4) is 0 Å². The summed E-state index contributed by atoms with van der Waals surface area (Å²) < 4.78 is 10.3. The van der Waals surface area contributed by atoms with E-state index in [1.807, 2.05) is 20.8 Å². The Labute approximate surface area is 114 Å². The molecule has 6 nitrogen and oxygen atoms in total. The second-order valence-corrected chi connectivity index (χ2v) is 5.99. The molecule has 6 heteroatoms. The summed E-state index contributed by atoms with van der Waals surface area (Å²) in [5, 5.41) is 15.8. The third-order valence-corrected chi connectivity index (χ3v) is 2.74. The molecule has 1 heterocycles. The third kappa shape index (κ3) is 7.34. The first kappa shape index (κ1) is 16.2. The van der Waals surface area contributed by atoms with Gasteiger partial charge in [0.25, 0.3) is 0 Å². The number of carbonyl (C=O) groups is 1. The molecule has 0 spiro atoms. The predicted octanol–water partition coefficient (Wildman–Crippen LogP) is 0.642. The van der Waals surface area contributed by atoms with Crippen molar-refractivity contribution in [2.75, 3.05) is 32.8 Å². The molecule has 3 N–H and O–H groups in total. The molecule has 0 saturated carbocycles. The van der Waals surface area contributed by atoms with Crippen molar-refractivity contribution in [1.82, 2.24) is 10.6 Å². The number of alkyl carbamates (subject to hydrolysis) is 1. The van der Waals surface area contributed by atoms with Crippen molar-refractivity contribution in [3.63, 3.8) is 0 Å². The summed E-state index contributed by atoms with van der Waals surface area (Å²) >= 11 is 0. The highest BCUT2D eigenvalue weighted by molar-refractivity contribution is 5.67. The van der Waals surface area contributed by atoms with Gasteiger partial charge in [0.1, 0.15) is 11.2 Å². The van der Waals surface area contributed by atoms with E-state index in [0.29, 0.717) is 32.7 Å². The van der Waals surface area contributed by atoms with Gasteiger partial charge in [-0.3, -0.25) is 0 Å². The van der Waals surface area contributed by atoms with E-state index >= 15 is 0 Å². The molecular formula is C13H26N2O4. The Kier molecular flexibility index (Phi) is 6.03. The number of ether oxygens (including phenoxy) is 2. The molecule has 0 aromatic rings. The zero-order valence-electron chi connectivity index (χ0n) is 12.1. The summed E-state index contributed by atoms with van der Waals surface area (Å²) in [5.41, 5.74) is -1.19. The van der Waals surface area contributed by atoms with E-state index in [-0.39, 0.29) is 0 Å². The van der Waals surface area contributed by atoms with Crippen LogP contribution in [0.25, 0.3) is 0 Å². The van der Waals surface area contributed by atoms with E-state index in [0.717, 1.165) is 13.0 Å². The van der Waals surface area contributed by atoms with Crippen LogP contribution >= 0.6 is 0 Å². The maximum absolute atomic E-state index is 11.3. The number of aliphatic hydroxyl groups is 1. The highest BCUT2D eigenvalue weighted by atomic mass is 16.6. The number of rotatable bonds is 6. The largest absolute Gasteiger partial charge is 0.444 e. The zero-order valence-corrected chi connectivity index (χ0v) is 12.1. The van der Waals surface area contributed by atoms with Crippen molar-refractivity contribution in [2.24, 2.45) is 0 Å². The van der Waals surface area contributed by atoms with Gasteiger partial charge in [0.2, 0.25) is 0 Å². The van der Waals surface area contributed by atoms with E-state index in [1.165, 1.54) is 0 Å². The molecule has 0 aromatic heterocycles. The van der Waals surface area contributed by atoms with Crippen LogP contribution in [0.15, 0.2) is 0 Å². The van der Waals surface area contributed by atoms with Crippen LogP contribution in [0.3, 0.4) is 0 Å². The maximum Gasteiger partial charge on any atom is 0.407 e. The lowest BCUT2D eigenvalue weighted by Gasteiger charge is -2.21. The lowest BCUT2D eigenvalue weighted by Crippen LogP contribution is -2.42. The normalized spacial score (nSPS) is 23.4. The minimum absolute atomic E-state index is 0.393. The summed E-state index contributed by atoms with van der Waals surface area (Å²) in [6.45, 7) is 8.33. The molecule has 0 aromatic carbocycles. The molecule has 0 aliphatic carbocycles. The lowest BCUT2D eigenvalue weighted by molar-refractivity contribution is 0.0271. The van der Waals surface area contributed by atoms with Gasteiger partial charge in [0, 0.05) is 26.1 Å². The van der Waals surface area contributed by atoms with Gasteiger partial charge in [-0.1, -0.05) is 0 Å². The fourth-order valence-corrected chi connectivity index (χ4v) is 1.77. The van der Waals surface area contributed by atoms with Crippen LogP contribution in [0, 0.1) is 0 Å². The first-order chi connectivity index (χ1) is 8.81. The second kappa shape index (κ2) is 7.07. The second-order valence-electron chi connectivity index (χ2n) is 5.99. The Morgan fingerprint density at radius 1 is 1.42 bits per heavy atom. The fraction of sp³-hybridized carbons (Fsp3) is 0.923. The maximum atomic E-state index is 11.3. The molecule has 1 saturated heterocycles. The van der Waals surface area contributed by atoms with Gasteiger partial charge >= 0.3 is 6.09 Å². The Hall–Kier alpha value is -0.850. The van der Waals surface area contributed by atoms with Crippen molar-refractivity contribution in [3.05, 3.63) is 0 Å². The highest BCUT2D eigenvalue weighted by Crippen LogP contribution is 2.16. The standard InChI is InChI=1S/C13H26N2O4/c1-12(2,3)19-11(16)15-7-4-6-14-9-13(17)5-8-18-10-13/h14,17H,4-10H2,1-3H3,(H,15,16). The number of hydrogen-bond acceptors (Lipinski definition) is 5. The summed E-state index contributed by atoms with van der Waals surface area (Å²) in [5.74, 6) is 0. The van der Waals surface area contributed by atoms with Gasteiger partial charge in [0.05, 0.1) is 6.61 Å². The number of hydrogen-bond donors (Lipinski definition) is 3. The number of carbonyl (C=O) groups excluding carboxylic acids is 1. The van der Waals surface area contributed by atoms with Crippen molar-refractivity contribution in [1.29, 1.82) is 0 Å². The van der Waals surface area contributed by atoms with Crippen LogP contribution in [0.1, 0.15) is 33.6 Å². The van der Waals surface area contributed by atoms with Crippen LogP contribution in [0.2, 0.25) is 0 Å². The Bertz CT molecular complexity index is 283. The van der Waals surface area contributed by atoms with Crippen LogP contribution in [-0.2, 0) is 9.47 Å². The smallest absolute Gasteiger partial charge is 0.407 e. The van der Waals surface area contributed by atoms with Crippen LogP contribution in [-0.4, -0.2) is 55.2 Å². The topological polar surface area (TPSA) is 79.8 Å². The summed E-state index contributed by atoms with van der Waals surface area (Å²) in [6.07, 6.45) is 1.07. The Morgan fingerprint density at radius 3 is 2.74 bits per heavy atom. The van der Waals surface area contributed by atoms with Gasteiger partial charge in [-0.2, -0.15) is 0 Å². The molecule has 1 fully saturated rings.